The van der Waals surface area contributed by atoms with Crippen molar-refractivity contribution in [3.63, 3.8) is 0 Å². The van der Waals surface area contributed by atoms with Crippen LogP contribution in [-0.2, 0) is 9.59 Å². The van der Waals surface area contributed by atoms with Gasteiger partial charge in [0.25, 0.3) is 0 Å². The minimum absolute atomic E-state index is 0.0968. The molecule has 118 valence electrons. The van der Waals surface area contributed by atoms with Gasteiger partial charge in [-0.1, -0.05) is 19.8 Å². The van der Waals surface area contributed by atoms with Crippen LogP contribution in [0.1, 0.15) is 71.1 Å². The zero-order chi connectivity index (χ0) is 15.0. The number of carbonyl (C=O) groups is 2. The predicted molar refractivity (Wildman–Crippen MR) is 79.8 cm³/mol. The van der Waals surface area contributed by atoms with Gasteiger partial charge < -0.3 is 10.0 Å². The minimum atomic E-state index is -0.694. The van der Waals surface area contributed by atoms with Crippen LogP contribution in [0.2, 0.25) is 0 Å². The van der Waals surface area contributed by atoms with Crippen LogP contribution in [0.3, 0.4) is 0 Å². The molecule has 0 radical (unpaired) electrons. The second-order valence-corrected chi connectivity index (χ2v) is 7.37. The summed E-state index contributed by atoms with van der Waals surface area (Å²) in [6, 6.07) is 0.620. The fourth-order valence-electron chi connectivity index (χ4n) is 5.08. The Balaban J connectivity index is 1.73. The molecule has 2 unspecified atom stereocenters. The van der Waals surface area contributed by atoms with Crippen LogP contribution in [0.4, 0.5) is 0 Å². The first-order valence-electron chi connectivity index (χ1n) is 8.60. The van der Waals surface area contributed by atoms with Crippen molar-refractivity contribution in [2.24, 2.45) is 11.3 Å². The molecule has 0 aromatic rings. The van der Waals surface area contributed by atoms with Crippen molar-refractivity contribution >= 4 is 11.9 Å². The van der Waals surface area contributed by atoms with Crippen molar-refractivity contribution < 1.29 is 14.7 Å². The van der Waals surface area contributed by atoms with Gasteiger partial charge in [0.1, 0.15) is 0 Å². The van der Waals surface area contributed by atoms with Crippen molar-refractivity contribution in [1.82, 2.24) is 4.90 Å². The van der Waals surface area contributed by atoms with Gasteiger partial charge in [0.2, 0.25) is 5.91 Å². The number of hydrogen-bond donors (Lipinski definition) is 1. The van der Waals surface area contributed by atoms with Crippen molar-refractivity contribution in [2.75, 3.05) is 0 Å². The normalized spacial score (nSPS) is 34.1. The van der Waals surface area contributed by atoms with Crippen LogP contribution in [-0.4, -0.2) is 34.0 Å². The Morgan fingerprint density at radius 3 is 2.19 bits per heavy atom. The molecule has 2 saturated heterocycles. The Morgan fingerprint density at radius 1 is 1.14 bits per heavy atom. The summed E-state index contributed by atoms with van der Waals surface area (Å²) in [6.45, 7) is 2.16. The monoisotopic (exact) mass is 293 g/mol. The average molecular weight is 293 g/mol. The molecule has 21 heavy (non-hydrogen) atoms. The highest BCUT2D eigenvalue weighted by Crippen LogP contribution is 2.47. The molecule has 3 rings (SSSR count). The summed E-state index contributed by atoms with van der Waals surface area (Å²) in [7, 11) is 0. The molecule has 3 fully saturated rings. The largest absolute Gasteiger partial charge is 0.481 e. The third-order valence-corrected chi connectivity index (χ3v) is 6.22. The molecule has 4 heteroatoms. The van der Waals surface area contributed by atoms with E-state index in [9.17, 15) is 9.59 Å². The maximum Gasteiger partial charge on any atom is 0.303 e. The standard InChI is InChI=1S/C17H27NO3/c1-2-17(7-3-4-8-17)16(21)18-13-5-6-14(18)10-12(9-13)11-15(19)20/h12-14H,2-11H2,1H3,(H,19,20). The highest BCUT2D eigenvalue weighted by Gasteiger charge is 2.50. The number of carboxylic acid groups (broad SMARTS) is 1. The lowest BCUT2D eigenvalue weighted by Gasteiger charge is -2.43. The quantitative estimate of drug-likeness (QED) is 0.866. The maximum absolute atomic E-state index is 13.2. The van der Waals surface area contributed by atoms with Crippen LogP contribution >= 0.6 is 0 Å². The van der Waals surface area contributed by atoms with Gasteiger partial charge in [-0.2, -0.15) is 0 Å². The van der Waals surface area contributed by atoms with Crippen LogP contribution < -0.4 is 0 Å². The molecule has 2 atom stereocenters. The number of aliphatic carboxylic acids is 1. The zero-order valence-electron chi connectivity index (χ0n) is 13.0. The predicted octanol–water partition coefficient (Wildman–Crippen LogP) is 3.20. The Morgan fingerprint density at radius 2 is 1.71 bits per heavy atom. The highest BCUT2D eigenvalue weighted by atomic mass is 16.4. The van der Waals surface area contributed by atoms with Gasteiger partial charge in [0, 0.05) is 23.9 Å². The summed E-state index contributed by atoms with van der Waals surface area (Å²) in [6.07, 6.45) is 9.65. The van der Waals surface area contributed by atoms with E-state index < -0.39 is 5.97 Å². The summed E-state index contributed by atoms with van der Waals surface area (Å²) in [5, 5.41) is 9.00. The van der Waals surface area contributed by atoms with Crippen molar-refractivity contribution in [1.29, 1.82) is 0 Å². The second kappa shape index (κ2) is 5.62. The summed E-state index contributed by atoms with van der Waals surface area (Å²) in [4.78, 5) is 26.3. The SMILES string of the molecule is CCC1(C(=O)N2C3CCC2CC(CC(=O)O)C3)CCCC1. The number of rotatable bonds is 4. The number of carboxylic acids is 1. The summed E-state index contributed by atoms with van der Waals surface area (Å²) >= 11 is 0. The van der Waals surface area contributed by atoms with Crippen molar-refractivity contribution in [3.05, 3.63) is 0 Å². The van der Waals surface area contributed by atoms with Crippen LogP contribution in [0.5, 0.6) is 0 Å². The topological polar surface area (TPSA) is 57.6 Å². The Kier molecular flexibility index (Phi) is 3.98. The first kappa shape index (κ1) is 14.9. The van der Waals surface area contributed by atoms with Gasteiger partial charge in [-0.15, -0.1) is 0 Å². The van der Waals surface area contributed by atoms with Gasteiger partial charge >= 0.3 is 5.97 Å². The summed E-state index contributed by atoms with van der Waals surface area (Å²) < 4.78 is 0. The number of carbonyl (C=O) groups excluding carboxylic acids is 1. The average Bonchev–Trinajstić information content (AvgIpc) is 3.02. The molecule has 2 bridgehead atoms. The number of hydrogen-bond acceptors (Lipinski definition) is 2. The van der Waals surface area contributed by atoms with E-state index in [4.69, 9.17) is 5.11 Å². The molecule has 1 aliphatic carbocycles. The second-order valence-electron chi connectivity index (χ2n) is 7.37. The molecule has 3 aliphatic rings. The fraction of sp³-hybridized carbons (Fsp3) is 0.882. The lowest BCUT2D eigenvalue weighted by molar-refractivity contribution is -0.148. The molecule has 2 aliphatic heterocycles. The molecular formula is C17H27NO3. The third-order valence-electron chi connectivity index (χ3n) is 6.22. The van der Waals surface area contributed by atoms with Gasteiger partial charge in [0.05, 0.1) is 0 Å². The lowest BCUT2D eigenvalue weighted by atomic mass is 9.79. The number of amides is 1. The van der Waals surface area contributed by atoms with Crippen LogP contribution in [0.25, 0.3) is 0 Å². The molecule has 2 heterocycles. The molecule has 4 nitrogen and oxygen atoms in total. The first-order chi connectivity index (χ1) is 10.1. The highest BCUT2D eigenvalue weighted by molar-refractivity contribution is 5.84. The van der Waals surface area contributed by atoms with E-state index in [0.717, 1.165) is 44.9 Å². The van der Waals surface area contributed by atoms with E-state index in [1.807, 2.05) is 0 Å². The van der Waals surface area contributed by atoms with Crippen LogP contribution in [0.15, 0.2) is 0 Å². The third kappa shape index (κ3) is 2.58. The van der Waals surface area contributed by atoms with Gasteiger partial charge in [0.15, 0.2) is 0 Å². The molecular weight excluding hydrogens is 266 g/mol. The van der Waals surface area contributed by atoms with Gasteiger partial charge in [-0.3, -0.25) is 9.59 Å². The first-order valence-corrected chi connectivity index (χ1v) is 8.60. The van der Waals surface area contributed by atoms with E-state index in [1.54, 1.807) is 0 Å². The molecule has 0 spiro atoms. The van der Waals surface area contributed by atoms with Crippen LogP contribution in [0, 0.1) is 11.3 Å². The Labute approximate surface area is 126 Å². The lowest BCUT2D eigenvalue weighted by Crippen LogP contribution is -2.52. The molecule has 1 saturated carbocycles. The van der Waals surface area contributed by atoms with Gasteiger partial charge in [-0.25, -0.2) is 0 Å². The van der Waals surface area contributed by atoms with E-state index in [0.29, 0.717) is 18.0 Å². The fourth-order valence-corrected chi connectivity index (χ4v) is 5.08. The smallest absolute Gasteiger partial charge is 0.303 e. The molecule has 1 N–H and O–H groups in total. The molecule has 1 amide bonds. The van der Waals surface area contributed by atoms with E-state index >= 15 is 0 Å². The van der Waals surface area contributed by atoms with E-state index in [-0.39, 0.29) is 17.8 Å². The zero-order valence-corrected chi connectivity index (χ0v) is 13.0. The van der Waals surface area contributed by atoms with Gasteiger partial charge in [-0.05, 0) is 50.9 Å². The van der Waals surface area contributed by atoms with Crippen molar-refractivity contribution in [2.45, 2.75) is 83.2 Å². The Bertz CT molecular complexity index is 414. The number of fused-ring (bicyclic) bond motifs is 2. The molecule has 0 aromatic heterocycles. The van der Waals surface area contributed by atoms with E-state index in [1.165, 1.54) is 12.8 Å². The summed E-state index contributed by atoms with van der Waals surface area (Å²) in [5.41, 5.74) is -0.0968. The number of piperidine rings is 1. The summed E-state index contributed by atoms with van der Waals surface area (Å²) in [5.74, 6) is -0.0334. The van der Waals surface area contributed by atoms with Crippen molar-refractivity contribution in [3.8, 4) is 0 Å². The van der Waals surface area contributed by atoms with E-state index in [2.05, 4.69) is 11.8 Å². The molecule has 0 aromatic carbocycles. The minimum Gasteiger partial charge on any atom is -0.481 e. The number of nitrogens with zero attached hydrogens (tertiary/aromatic N) is 1. The Hall–Kier alpha value is -1.06. The maximum atomic E-state index is 13.2.